The number of hydrogen-bond donors (Lipinski definition) is 3. The van der Waals surface area contributed by atoms with Gasteiger partial charge < -0.3 is 20.7 Å². The largest absolute Gasteiger partial charge is 0.497 e. The summed E-state index contributed by atoms with van der Waals surface area (Å²) in [6, 6.07) is 24.2. The number of amides is 2. The number of rotatable bonds is 8. The molecule has 0 unspecified atom stereocenters. The van der Waals surface area contributed by atoms with Gasteiger partial charge in [0.1, 0.15) is 11.8 Å². The number of benzene rings is 3. The Morgan fingerprint density at radius 2 is 1.47 bits per heavy atom. The highest BCUT2D eigenvalue weighted by atomic mass is 16.5. The average Bonchev–Trinajstić information content (AvgIpc) is 2.79. The molecule has 3 aromatic rings. The minimum absolute atomic E-state index is 0.0896. The minimum Gasteiger partial charge on any atom is -0.497 e. The van der Waals surface area contributed by atoms with Crippen LogP contribution in [0.4, 0.5) is 11.4 Å². The summed E-state index contributed by atoms with van der Waals surface area (Å²) < 4.78 is 5.11. The van der Waals surface area contributed by atoms with Crippen molar-refractivity contribution in [2.75, 3.05) is 24.3 Å². The lowest BCUT2D eigenvalue weighted by Gasteiger charge is -2.11. The lowest BCUT2D eigenvalue weighted by molar-refractivity contribution is -0.682. The number of nitrogens with one attached hydrogen (secondary N) is 2. The predicted octanol–water partition coefficient (Wildman–Crippen LogP) is 3.21. The summed E-state index contributed by atoms with van der Waals surface area (Å²) in [5, 5.41) is 7.68. The van der Waals surface area contributed by atoms with E-state index < -0.39 is 0 Å². The Morgan fingerprint density at radius 3 is 2.10 bits per heavy atom. The first-order valence-electron chi connectivity index (χ1n) is 9.79. The maximum absolute atomic E-state index is 12.4. The zero-order valence-corrected chi connectivity index (χ0v) is 17.1. The normalized spacial score (nSPS) is 11.4. The van der Waals surface area contributed by atoms with Gasteiger partial charge in [-0.3, -0.25) is 9.59 Å². The number of methoxy groups -OCH3 is 1. The van der Waals surface area contributed by atoms with E-state index in [1.165, 1.54) is 5.56 Å². The van der Waals surface area contributed by atoms with E-state index in [4.69, 9.17) is 4.74 Å². The molecule has 0 bridgehead atoms. The molecule has 2 amide bonds. The van der Waals surface area contributed by atoms with Crippen LogP contribution in [-0.2, 0) is 4.79 Å². The van der Waals surface area contributed by atoms with Crippen LogP contribution < -0.4 is 20.7 Å². The van der Waals surface area contributed by atoms with Gasteiger partial charge in [0.2, 0.25) is 0 Å². The second-order valence-electron chi connectivity index (χ2n) is 6.95. The highest BCUT2D eigenvalue weighted by Gasteiger charge is 2.12. The van der Waals surface area contributed by atoms with Crippen molar-refractivity contribution in [2.45, 2.75) is 13.0 Å². The van der Waals surface area contributed by atoms with Gasteiger partial charge in [0.15, 0.2) is 6.54 Å². The lowest BCUT2D eigenvalue weighted by Crippen LogP contribution is -2.86. The SMILES string of the molecule is COc1ccc(NC(=O)c2ccc(NC(=O)C[NH2+][C@H](C)c3ccccc3)cc2)cc1. The van der Waals surface area contributed by atoms with Crippen LogP contribution in [0.5, 0.6) is 5.75 Å². The molecule has 1 atom stereocenters. The summed E-state index contributed by atoms with van der Waals surface area (Å²) in [7, 11) is 1.59. The van der Waals surface area contributed by atoms with Crippen LogP contribution in [0.15, 0.2) is 78.9 Å². The molecule has 30 heavy (non-hydrogen) atoms. The Balaban J connectivity index is 1.49. The molecule has 0 saturated carbocycles. The number of hydrogen-bond acceptors (Lipinski definition) is 3. The maximum Gasteiger partial charge on any atom is 0.279 e. The van der Waals surface area contributed by atoms with Crippen LogP contribution in [0.2, 0.25) is 0 Å². The Hall–Kier alpha value is -3.64. The molecular formula is C24H26N3O3+. The van der Waals surface area contributed by atoms with Gasteiger partial charge in [0.25, 0.3) is 11.8 Å². The highest BCUT2D eigenvalue weighted by Crippen LogP contribution is 2.17. The fraction of sp³-hybridized carbons (Fsp3) is 0.167. The topological polar surface area (TPSA) is 84.0 Å². The first-order valence-corrected chi connectivity index (χ1v) is 9.79. The van der Waals surface area contributed by atoms with E-state index in [9.17, 15) is 9.59 Å². The van der Waals surface area contributed by atoms with Crippen molar-refractivity contribution >= 4 is 23.2 Å². The lowest BCUT2D eigenvalue weighted by atomic mass is 10.1. The van der Waals surface area contributed by atoms with Gasteiger partial charge in [-0.05, 0) is 55.5 Å². The van der Waals surface area contributed by atoms with Gasteiger partial charge in [-0.15, -0.1) is 0 Å². The fourth-order valence-electron chi connectivity index (χ4n) is 2.97. The van der Waals surface area contributed by atoms with E-state index in [-0.39, 0.29) is 17.9 Å². The summed E-state index contributed by atoms with van der Waals surface area (Å²) >= 11 is 0. The van der Waals surface area contributed by atoms with Crippen molar-refractivity contribution in [1.82, 2.24) is 0 Å². The van der Waals surface area contributed by atoms with E-state index in [0.717, 1.165) is 5.75 Å². The molecule has 154 valence electrons. The minimum atomic E-state index is -0.219. The molecule has 0 aliphatic rings. The molecule has 0 spiro atoms. The van der Waals surface area contributed by atoms with Crippen LogP contribution >= 0.6 is 0 Å². The summed E-state index contributed by atoms with van der Waals surface area (Å²) in [6.07, 6.45) is 0. The first-order chi connectivity index (χ1) is 14.5. The first kappa shape index (κ1) is 21.1. The molecule has 6 nitrogen and oxygen atoms in total. The third-order valence-electron chi connectivity index (χ3n) is 4.76. The number of anilines is 2. The molecule has 0 aliphatic heterocycles. The maximum atomic E-state index is 12.4. The number of ether oxygens (including phenoxy) is 1. The molecular weight excluding hydrogens is 378 g/mol. The number of carbonyl (C=O) groups excluding carboxylic acids is 2. The zero-order valence-electron chi connectivity index (χ0n) is 17.1. The molecule has 0 heterocycles. The third-order valence-corrected chi connectivity index (χ3v) is 4.76. The molecule has 4 N–H and O–H groups in total. The quantitative estimate of drug-likeness (QED) is 0.539. The van der Waals surface area contributed by atoms with E-state index in [1.807, 2.05) is 23.5 Å². The molecule has 0 fully saturated rings. The Labute approximate surface area is 176 Å². The number of carbonyl (C=O) groups is 2. The van der Waals surface area contributed by atoms with Gasteiger partial charge in [-0.2, -0.15) is 0 Å². The summed E-state index contributed by atoms with van der Waals surface area (Å²) in [6.45, 7) is 2.38. The number of quaternary nitrogens is 1. The molecule has 0 saturated heterocycles. The van der Waals surface area contributed by atoms with Crippen LogP contribution in [-0.4, -0.2) is 25.5 Å². The standard InChI is InChI=1S/C24H25N3O3/c1-17(18-6-4-3-5-7-18)25-16-23(28)26-20-10-8-19(9-11-20)24(29)27-21-12-14-22(30-2)15-13-21/h3-15,17,25H,16H2,1-2H3,(H,26,28)(H,27,29)/p+1/t17-/m1/s1. The van der Waals surface area contributed by atoms with Gasteiger partial charge >= 0.3 is 0 Å². The summed E-state index contributed by atoms with van der Waals surface area (Å²) in [5.74, 6) is 0.416. The van der Waals surface area contributed by atoms with Crippen molar-refractivity contribution in [3.8, 4) is 5.75 Å². The van der Waals surface area contributed by atoms with Gasteiger partial charge in [-0.25, -0.2) is 0 Å². The van der Waals surface area contributed by atoms with Crippen molar-refractivity contribution in [2.24, 2.45) is 0 Å². The molecule has 0 aliphatic carbocycles. The number of nitrogens with two attached hydrogens (primary N) is 1. The monoisotopic (exact) mass is 404 g/mol. The summed E-state index contributed by atoms with van der Waals surface area (Å²) in [5.41, 5.74) is 3.02. The van der Waals surface area contributed by atoms with Crippen molar-refractivity contribution in [1.29, 1.82) is 0 Å². The van der Waals surface area contributed by atoms with Crippen LogP contribution in [0.3, 0.4) is 0 Å². The Bertz CT molecular complexity index is 971. The van der Waals surface area contributed by atoms with Crippen LogP contribution in [0.1, 0.15) is 28.9 Å². The van der Waals surface area contributed by atoms with Crippen molar-refractivity contribution in [3.05, 3.63) is 90.0 Å². The smallest absolute Gasteiger partial charge is 0.279 e. The molecule has 6 heteroatoms. The molecule has 3 aromatic carbocycles. The van der Waals surface area contributed by atoms with E-state index >= 15 is 0 Å². The van der Waals surface area contributed by atoms with Crippen LogP contribution in [0.25, 0.3) is 0 Å². The summed E-state index contributed by atoms with van der Waals surface area (Å²) in [4.78, 5) is 24.6. The third kappa shape index (κ3) is 5.93. The highest BCUT2D eigenvalue weighted by molar-refractivity contribution is 6.04. The zero-order chi connectivity index (χ0) is 21.3. The second kappa shape index (κ2) is 10.2. The second-order valence-corrected chi connectivity index (χ2v) is 6.95. The van der Waals surface area contributed by atoms with Crippen molar-refractivity contribution in [3.63, 3.8) is 0 Å². The van der Waals surface area contributed by atoms with E-state index in [1.54, 1.807) is 55.6 Å². The van der Waals surface area contributed by atoms with E-state index in [0.29, 0.717) is 23.5 Å². The van der Waals surface area contributed by atoms with E-state index in [2.05, 4.69) is 29.7 Å². The van der Waals surface area contributed by atoms with Crippen LogP contribution in [0, 0.1) is 0 Å². The molecule has 3 rings (SSSR count). The predicted molar refractivity (Wildman–Crippen MR) is 118 cm³/mol. The Kier molecular flexibility index (Phi) is 7.19. The average molecular weight is 404 g/mol. The van der Waals surface area contributed by atoms with Gasteiger partial charge in [-0.1, -0.05) is 30.3 Å². The van der Waals surface area contributed by atoms with Gasteiger partial charge in [0, 0.05) is 22.5 Å². The van der Waals surface area contributed by atoms with Gasteiger partial charge in [0.05, 0.1) is 7.11 Å². The molecule has 0 radical (unpaired) electrons. The van der Waals surface area contributed by atoms with Crippen molar-refractivity contribution < 1.29 is 19.6 Å². The molecule has 0 aromatic heterocycles. The Morgan fingerprint density at radius 1 is 0.867 bits per heavy atom. The fourth-order valence-corrected chi connectivity index (χ4v) is 2.97.